The Morgan fingerprint density at radius 3 is 2.72 bits per heavy atom. The summed E-state index contributed by atoms with van der Waals surface area (Å²) >= 11 is 0. The maximum Gasteiger partial charge on any atom is 0.253 e. The van der Waals surface area contributed by atoms with Gasteiger partial charge in [-0.3, -0.25) is 9.59 Å². The van der Waals surface area contributed by atoms with Crippen LogP contribution in [0.2, 0.25) is 0 Å². The van der Waals surface area contributed by atoms with Crippen LogP contribution < -0.4 is 10.6 Å². The van der Waals surface area contributed by atoms with Crippen molar-refractivity contribution < 1.29 is 9.59 Å². The van der Waals surface area contributed by atoms with E-state index in [9.17, 15) is 9.59 Å². The van der Waals surface area contributed by atoms with Crippen molar-refractivity contribution in [2.24, 2.45) is 11.8 Å². The average molecular weight is 343 g/mol. The zero-order valence-electron chi connectivity index (χ0n) is 15.3. The minimum atomic E-state index is -0.0346. The quantitative estimate of drug-likeness (QED) is 0.835. The molecule has 2 aliphatic rings. The van der Waals surface area contributed by atoms with E-state index < -0.39 is 0 Å². The summed E-state index contributed by atoms with van der Waals surface area (Å²) in [6.07, 6.45) is 4.83. The third-order valence-corrected chi connectivity index (χ3v) is 5.11. The maximum absolute atomic E-state index is 12.7. The SMILES string of the molecule is Cc1cc(C(=O)N2CCCC(C)C2)ccc1NC(=O)CNCC1CC1. The van der Waals surface area contributed by atoms with Crippen LogP contribution in [-0.4, -0.2) is 42.9 Å². The fourth-order valence-corrected chi connectivity index (χ4v) is 3.40. The molecular formula is C20H29N3O2. The van der Waals surface area contributed by atoms with E-state index >= 15 is 0 Å². The Morgan fingerprint density at radius 1 is 1.24 bits per heavy atom. The van der Waals surface area contributed by atoms with Crippen LogP contribution in [0.15, 0.2) is 18.2 Å². The van der Waals surface area contributed by atoms with E-state index in [0.717, 1.165) is 43.2 Å². The molecule has 0 radical (unpaired) electrons. The van der Waals surface area contributed by atoms with Gasteiger partial charge >= 0.3 is 0 Å². The summed E-state index contributed by atoms with van der Waals surface area (Å²) in [6, 6.07) is 5.55. The van der Waals surface area contributed by atoms with E-state index in [1.54, 1.807) is 0 Å². The number of rotatable bonds is 6. The summed E-state index contributed by atoms with van der Waals surface area (Å²) in [7, 11) is 0. The van der Waals surface area contributed by atoms with Crippen molar-refractivity contribution in [3.8, 4) is 0 Å². The minimum Gasteiger partial charge on any atom is -0.338 e. The molecule has 1 aromatic rings. The molecule has 1 aliphatic carbocycles. The zero-order chi connectivity index (χ0) is 17.8. The Balaban J connectivity index is 1.55. The van der Waals surface area contributed by atoms with Crippen LogP contribution in [0.4, 0.5) is 5.69 Å². The van der Waals surface area contributed by atoms with Crippen molar-refractivity contribution in [1.82, 2.24) is 10.2 Å². The second-order valence-electron chi connectivity index (χ2n) is 7.65. The minimum absolute atomic E-state index is 0.0346. The van der Waals surface area contributed by atoms with Crippen molar-refractivity contribution in [2.75, 3.05) is 31.5 Å². The molecule has 1 heterocycles. The Bertz CT molecular complexity index is 640. The highest BCUT2D eigenvalue weighted by atomic mass is 16.2. The number of carbonyl (C=O) groups is 2. The number of anilines is 1. The summed E-state index contributed by atoms with van der Waals surface area (Å²) in [4.78, 5) is 26.6. The Morgan fingerprint density at radius 2 is 2.04 bits per heavy atom. The number of nitrogens with one attached hydrogen (secondary N) is 2. The van der Waals surface area contributed by atoms with Gasteiger partial charge in [0.05, 0.1) is 6.54 Å². The maximum atomic E-state index is 12.7. The first-order valence-corrected chi connectivity index (χ1v) is 9.43. The molecule has 0 spiro atoms. The highest BCUT2D eigenvalue weighted by Gasteiger charge is 2.23. The number of carbonyl (C=O) groups excluding carboxylic acids is 2. The van der Waals surface area contributed by atoms with Crippen LogP contribution in [0.3, 0.4) is 0 Å². The molecule has 1 atom stereocenters. The van der Waals surface area contributed by atoms with Crippen molar-refractivity contribution in [1.29, 1.82) is 0 Å². The third kappa shape index (κ3) is 5.05. The zero-order valence-corrected chi connectivity index (χ0v) is 15.3. The molecule has 1 unspecified atom stereocenters. The molecule has 1 aliphatic heterocycles. The lowest BCUT2D eigenvalue weighted by Crippen LogP contribution is -2.39. The molecule has 2 amide bonds. The largest absolute Gasteiger partial charge is 0.338 e. The first-order chi connectivity index (χ1) is 12.0. The smallest absolute Gasteiger partial charge is 0.253 e. The monoisotopic (exact) mass is 343 g/mol. The summed E-state index contributed by atoms with van der Waals surface area (Å²) in [6.45, 7) is 7.07. The predicted octanol–water partition coefficient (Wildman–Crippen LogP) is 2.81. The van der Waals surface area contributed by atoms with Crippen LogP contribution in [0.25, 0.3) is 0 Å². The van der Waals surface area contributed by atoms with E-state index in [2.05, 4.69) is 17.6 Å². The second-order valence-corrected chi connectivity index (χ2v) is 7.65. The van der Waals surface area contributed by atoms with E-state index in [-0.39, 0.29) is 11.8 Å². The van der Waals surface area contributed by atoms with Crippen molar-refractivity contribution in [3.05, 3.63) is 29.3 Å². The molecule has 2 fully saturated rings. The number of aryl methyl sites for hydroxylation is 1. The van der Waals surface area contributed by atoms with Crippen molar-refractivity contribution in [3.63, 3.8) is 0 Å². The van der Waals surface area contributed by atoms with Gasteiger partial charge in [-0.2, -0.15) is 0 Å². The third-order valence-electron chi connectivity index (χ3n) is 5.11. The fourth-order valence-electron chi connectivity index (χ4n) is 3.40. The van der Waals surface area contributed by atoms with E-state index in [1.807, 2.05) is 30.0 Å². The van der Waals surface area contributed by atoms with E-state index in [0.29, 0.717) is 18.0 Å². The fraction of sp³-hybridized carbons (Fsp3) is 0.600. The summed E-state index contributed by atoms with van der Waals surface area (Å²) < 4.78 is 0. The number of nitrogens with zero attached hydrogens (tertiary/aromatic N) is 1. The summed E-state index contributed by atoms with van der Waals surface area (Å²) in [5.41, 5.74) is 2.41. The highest BCUT2D eigenvalue weighted by Crippen LogP contribution is 2.27. The Hall–Kier alpha value is -1.88. The molecule has 136 valence electrons. The second kappa shape index (κ2) is 8.00. The number of amides is 2. The van der Waals surface area contributed by atoms with Crippen LogP contribution in [0.1, 0.15) is 48.5 Å². The molecular weight excluding hydrogens is 314 g/mol. The lowest BCUT2D eigenvalue weighted by Gasteiger charge is -2.31. The van der Waals surface area contributed by atoms with Crippen molar-refractivity contribution >= 4 is 17.5 Å². The standard InChI is InChI=1S/C20H29N3O2/c1-14-4-3-9-23(13-14)20(25)17-7-8-18(15(2)10-17)22-19(24)12-21-11-16-5-6-16/h7-8,10,14,16,21H,3-6,9,11-13H2,1-2H3,(H,22,24). The molecule has 25 heavy (non-hydrogen) atoms. The normalized spacial score (nSPS) is 20.4. The number of hydrogen-bond donors (Lipinski definition) is 2. The van der Waals surface area contributed by atoms with Crippen LogP contribution in [0.5, 0.6) is 0 Å². The van der Waals surface area contributed by atoms with Gasteiger partial charge in [-0.05, 0) is 74.8 Å². The van der Waals surface area contributed by atoms with Gasteiger partial charge in [0.2, 0.25) is 5.91 Å². The molecule has 5 heteroatoms. The molecule has 0 aromatic heterocycles. The van der Waals surface area contributed by atoms with Gasteiger partial charge in [-0.15, -0.1) is 0 Å². The van der Waals surface area contributed by atoms with Crippen LogP contribution >= 0.6 is 0 Å². The van der Waals surface area contributed by atoms with Gasteiger partial charge < -0.3 is 15.5 Å². The summed E-state index contributed by atoms with van der Waals surface area (Å²) in [5.74, 6) is 1.39. The number of benzene rings is 1. The molecule has 3 rings (SSSR count). The van der Waals surface area contributed by atoms with Gasteiger partial charge in [0.1, 0.15) is 0 Å². The Labute approximate surface area is 150 Å². The van der Waals surface area contributed by atoms with Gasteiger partial charge in [0.25, 0.3) is 5.91 Å². The van der Waals surface area contributed by atoms with Crippen LogP contribution in [0, 0.1) is 18.8 Å². The topological polar surface area (TPSA) is 61.4 Å². The average Bonchev–Trinajstić information content (AvgIpc) is 3.40. The summed E-state index contributed by atoms with van der Waals surface area (Å²) in [5, 5.41) is 6.12. The predicted molar refractivity (Wildman–Crippen MR) is 99.7 cm³/mol. The molecule has 2 N–H and O–H groups in total. The molecule has 1 saturated carbocycles. The first kappa shape index (κ1) is 17.9. The van der Waals surface area contributed by atoms with Gasteiger partial charge in [0.15, 0.2) is 0 Å². The number of hydrogen-bond acceptors (Lipinski definition) is 3. The molecule has 1 saturated heterocycles. The van der Waals surface area contributed by atoms with E-state index in [4.69, 9.17) is 0 Å². The lowest BCUT2D eigenvalue weighted by atomic mass is 9.99. The molecule has 5 nitrogen and oxygen atoms in total. The van der Waals surface area contributed by atoms with Gasteiger partial charge in [-0.25, -0.2) is 0 Å². The Kier molecular flexibility index (Phi) is 5.74. The van der Waals surface area contributed by atoms with Gasteiger partial charge in [-0.1, -0.05) is 6.92 Å². The number of piperidine rings is 1. The van der Waals surface area contributed by atoms with Crippen LogP contribution in [-0.2, 0) is 4.79 Å². The van der Waals surface area contributed by atoms with Crippen molar-refractivity contribution in [2.45, 2.75) is 39.5 Å². The molecule has 1 aromatic carbocycles. The molecule has 0 bridgehead atoms. The number of likely N-dealkylation sites (tertiary alicyclic amines) is 1. The van der Waals surface area contributed by atoms with Gasteiger partial charge in [0, 0.05) is 24.3 Å². The highest BCUT2D eigenvalue weighted by molar-refractivity contribution is 5.97. The lowest BCUT2D eigenvalue weighted by molar-refractivity contribution is -0.115. The van der Waals surface area contributed by atoms with E-state index in [1.165, 1.54) is 19.3 Å². The first-order valence-electron chi connectivity index (χ1n) is 9.43.